The van der Waals surface area contributed by atoms with E-state index >= 15 is 0 Å². The standard InChI is InChI=1S/C22H21NO4/c24-21(23-11-17-18(12-23)20-10-9-19(17)27-20)15-7-3-1-5-13(15)14-6-2-4-8-16(14)22(25)26/h1-8,17-20H,9-12H2,(H,25,26). The summed E-state index contributed by atoms with van der Waals surface area (Å²) >= 11 is 0. The van der Waals surface area contributed by atoms with E-state index in [-0.39, 0.29) is 11.5 Å². The van der Waals surface area contributed by atoms with E-state index in [4.69, 9.17) is 4.74 Å². The van der Waals surface area contributed by atoms with Gasteiger partial charge in [-0.05, 0) is 36.1 Å². The number of fused-ring (bicyclic) bond motifs is 5. The second-order valence-corrected chi connectivity index (χ2v) is 7.72. The molecule has 2 aromatic carbocycles. The quantitative estimate of drug-likeness (QED) is 0.909. The summed E-state index contributed by atoms with van der Waals surface area (Å²) in [6.07, 6.45) is 2.83. The van der Waals surface area contributed by atoms with E-state index in [1.165, 1.54) is 0 Å². The average Bonchev–Trinajstić information content (AvgIpc) is 3.40. The van der Waals surface area contributed by atoms with Gasteiger partial charge in [-0.15, -0.1) is 0 Å². The smallest absolute Gasteiger partial charge is 0.336 e. The van der Waals surface area contributed by atoms with E-state index in [1.807, 2.05) is 23.1 Å². The summed E-state index contributed by atoms with van der Waals surface area (Å²) in [5.74, 6) is -0.103. The predicted octanol–water partition coefficient (Wildman–Crippen LogP) is 3.30. The topological polar surface area (TPSA) is 66.8 Å². The van der Waals surface area contributed by atoms with Gasteiger partial charge in [-0.3, -0.25) is 4.79 Å². The van der Waals surface area contributed by atoms with Gasteiger partial charge in [-0.25, -0.2) is 4.79 Å². The molecule has 5 nitrogen and oxygen atoms in total. The van der Waals surface area contributed by atoms with Crippen molar-refractivity contribution in [2.24, 2.45) is 11.8 Å². The highest BCUT2D eigenvalue weighted by molar-refractivity contribution is 6.04. The molecular formula is C22H21NO4. The predicted molar refractivity (Wildman–Crippen MR) is 99.6 cm³/mol. The first-order valence-corrected chi connectivity index (χ1v) is 9.50. The molecule has 3 aliphatic heterocycles. The number of nitrogens with zero attached hydrogens (tertiary/aromatic N) is 1. The molecule has 3 heterocycles. The Kier molecular flexibility index (Phi) is 3.79. The van der Waals surface area contributed by atoms with Gasteiger partial charge < -0.3 is 14.7 Å². The number of likely N-dealkylation sites (tertiary alicyclic amines) is 1. The Hall–Kier alpha value is -2.66. The monoisotopic (exact) mass is 363 g/mol. The molecule has 3 aliphatic rings. The van der Waals surface area contributed by atoms with Crippen molar-refractivity contribution in [3.63, 3.8) is 0 Å². The van der Waals surface area contributed by atoms with Crippen molar-refractivity contribution in [3.8, 4) is 11.1 Å². The van der Waals surface area contributed by atoms with E-state index in [0.717, 1.165) is 25.9 Å². The van der Waals surface area contributed by atoms with Crippen LogP contribution in [0.25, 0.3) is 11.1 Å². The molecule has 2 aromatic rings. The summed E-state index contributed by atoms with van der Waals surface area (Å²) in [6, 6.07) is 14.2. The summed E-state index contributed by atoms with van der Waals surface area (Å²) in [6.45, 7) is 1.47. The van der Waals surface area contributed by atoms with Crippen LogP contribution in [0, 0.1) is 11.8 Å². The molecule has 4 atom stereocenters. The highest BCUT2D eigenvalue weighted by atomic mass is 16.5. The van der Waals surface area contributed by atoms with E-state index < -0.39 is 5.97 Å². The molecule has 3 saturated heterocycles. The number of carbonyl (C=O) groups is 2. The summed E-state index contributed by atoms with van der Waals surface area (Å²) < 4.78 is 6.00. The van der Waals surface area contributed by atoms with Gasteiger partial charge in [0.2, 0.25) is 0 Å². The normalized spacial score (nSPS) is 28.4. The van der Waals surface area contributed by atoms with Crippen molar-refractivity contribution in [1.82, 2.24) is 4.90 Å². The lowest BCUT2D eigenvalue weighted by Crippen LogP contribution is -2.31. The molecule has 1 amide bonds. The van der Waals surface area contributed by atoms with Gasteiger partial charge in [0.15, 0.2) is 0 Å². The van der Waals surface area contributed by atoms with Gasteiger partial charge in [0.05, 0.1) is 17.8 Å². The van der Waals surface area contributed by atoms with Crippen molar-refractivity contribution in [2.75, 3.05) is 13.1 Å². The lowest BCUT2D eigenvalue weighted by molar-refractivity contribution is 0.0593. The van der Waals surface area contributed by atoms with Gasteiger partial charge >= 0.3 is 5.97 Å². The largest absolute Gasteiger partial charge is 0.478 e. The van der Waals surface area contributed by atoms with Crippen LogP contribution in [0.1, 0.15) is 33.6 Å². The number of hydrogen-bond donors (Lipinski definition) is 1. The summed E-state index contributed by atoms with van der Waals surface area (Å²) in [4.78, 5) is 26.9. The Labute approximate surface area is 157 Å². The number of amides is 1. The van der Waals surface area contributed by atoms with Crippen LogP contribution in [0.2, 0.25) is 0 Å². The van der Waals surface area contributed by atoms with Crippen LogP contribution in [0.4, 0.5) is 0 Å². The fourth-order valence-electron chi connectivity index (χ4n) is 5.11. The Morgan fingerprint density at radius 1 is 0.852 bits per heavy atom. The van der Waals surface area contributed by atoms with Gasteiger partial charge in [-0.1, -0.05) is 36.4 Å². The zero-order valence-corrected chi connectivity index (χ0v) is 14.9. The fraction of sp³-hybridized carbons (Fsp3) is 0.364. The number of hydrogen-bond acceptors (Lipinski definition) is 3. The molecule has 1 N–H and O–H groups in total. The van der Waals surface area contributed by atoms with Crippen LogP contribution in [0.15, 0.2) is 48.5 Å². The van der Waals surface area contributed by atoms with Crippen molar-refractivity contribution in [2.45, 2.75) is 25.0 Å². The Morgan fingerprint density at radius 3 is 1.96 bits per heavy atom. The van der Waals surface area contributed by atoms with E-state index in [0.29, 0.717) is 40.7 Å². The van der Waals surface area contributed by atoms with Gasteiger partial charge in [0.1, 0.15) is 0 Å². The second-order valence-electron chi connectivity index (χ2n) is 7.72. The lowest BCUT2D eigenvalue weighted by Gasteiger charge is -2.21. The number of carboxylic acid groups (broad SMARTS) is 1. The third kappa shape index (κ3) is 2.57. The molecule has 4 unspecified atom stereocenters. The molecule has 5 rings (SSSR count). The van der Waals surface area contributed by atoms with Crippen LogP contribution in [0.5, 0.6) is 0 Å². The third-order valence-corrected chi connectivity index (χ3v) is 6.35. The summed E-state index contributed by atoms with van der Waals surface area (Å²) in [7, 11) is 0. The van der Waals surface area contributed by atoms with Crippen LogP contribution in [0.3, 0.4) is 0 Å². The molecule has 2 bridgehead atoms. The number of ether oxygens (including phenoxy) is 1. The number of aromatic carboxylic acids is 1. The Balaban J connectivity index is 1.49. The maximum atomic E-state index is 13.3. The number of carboxylic acids is 1. The van der Waals surface area contributed by atoms with Crippen molar-refractivity contribution >= 4 is 11.9 Å². The lowest BCUT2D eigenvalue weighted by atomic mass is 9.82. The zero-order valence-electron chi connectivity index (χ0n) is 14.9. The second kappa shape index (κ2) is 6.20. The molecule has 0 aliphatic carbocycles. The number of benzene rings is 2. The minimum Gasteiger partial charge on any atom is -0.478 e. The van der Waals surface area contributed by atoms with Gasteiger partial charge in [-0.2, -0.15) is 0 Å². The first kappa shape index (κ1) is 16.5. The summed E-state index contributed by atoms with van der Waals surface area (Å²) in [5, 5.41) is 9.53. The maximum Gasteiger partial charge on any atom is 0.336 e. The molecule has 3 fully saturated rings. The van der Waals surface area contributed by atoms with Crippen LogP contribution < -0.4 is 0 Å². The van der Waals surface area contributed by atoms with Crippen molar-refractivity contribution in [3.05, 3.63) is 59.7 Å². The average molecular weight is 363 g/mol. The molecule has 0 spiro atoms. The molecule has 0 radical (unpaired) electrons. The fourth-order valence-corrected chi connectivity index (χ4v) is 5.11. The molecular weight excluding hydrogens is 342 g/mol. The third-order valence-electron chi connectivity index (χ3n) is 6.35. The van der Waals surface area contributed by atoms with Crippen molar-refractivity contribution < 1.29 is 19.4 Å². The van der Waals surface area contributed by atoms with Gasteiger partial charge in [0, 0.05) is 30.5 Å². The highest BCUT2D eigenvalue weighted by Crippen LogP contribution is 2.47. The molecule has 27 heavy (non-hydrogen) atoms. The number of rotatable bonds is 3. The number of carbonyl (C=O) groups excluding carboxylic acids is 1. The van der Waals surface area contributed by atoms with Crippen LogP contribution in [-0.4, -0.2) is 47.2 Å². The van der Waals surface area contributed by atoms with E-state index in [2.05, 4.69) is 0 Å². The molecule has 138 valence electrons. The SMILES string of the molecule is O=C(O)c1ccccc1-c1ccccc1C(=O)N1CC2C3CCC(O3)C2C1. The first-order valence-electron chi connectivity index (χ1n) is 9.50. The molecule has 0 aromatic heterocycles. The minimum atomic E-state index is -0.989. The zero-order chi connectivity index (χ0) is 18.5. The van der Waals surface area contributed by atoms with E-state index in [1.54, 1.807) is 30.3 Å². The Bertz CT molecular complexity index is 906. The Morgan fingerprint density at radius 2 is 1.37 bits per heavy atom. The van der Waals surface area contributed by atoms with Gasteiger partial charge in [0.25, 0.3) is 5.91 Å². The van der Waals surface area contributed by atoms with Crippen LogP contribution >= 0.6 is 0 Å². The van der Waals surface area contributed by atoms with E-state index in [9.17, 15) is 14.7 Å². The summed E-state index contributed by atoms with van der Waals surface area (Å²) in [5.41, 5.74) is 2.04. The van der Waals surface area contributed by atoms with Crippen LogP contribution in [-0.2, 0) is 4.74 Å². The highest BCUT2D eigenvalue weighted by Gasteiger charge is 2.53. The molecule has 0 saturated carbocycles. The minimum absolute atomic E-state index is 0.0143. The molecule has 5 heteroatoms. The maximum absolute atomic E-state index is 13.3. The first-order chi connectivity index (χ1) is 13.1. The van der Waals surface area contributed by atoms with Crippen molar-refractivity contribution in [1.29, 1.82) is 0 Å².